The Bertz CT molecular complexity index is 542. The first kappa shape index (κ1) is 12.7. The molecule has 0 atom stereocenters. The van der Waals surface area contributed by atoms with Crippen LogP contribution in [0.5, 0.6) is 0 Å². The number of aryl methyl sites for hydroxylation is 1. The van der Waals surface area contributed by atoms with Gasteiger partial charge in [-0.1, -0.05) is 39.8 Å². The molecule has 3 nitrogen and oxygen atoms in total. The number of rotatable bonds is 4. The van der Waals surface area contributed by atoms with Gasteiger partial charge in [0.05, 0.1) is 5.75 Å². The standard InChI is InChI=1S/C11H9BrN2OS2/c1-7-13-11(17-14-7)16-6-10(15)8-3-2-4-9(12)5-8/h2-5H,6H2,1H3. The summed E-state index contributed by atoms with van der Waals surface area (Å²) >= 11 is 6.11. The van der Waals surface area contributed by atoms with Crippen molar-refractivity contribution in [1.29, 1.82) is 0 Å². The first-order valence-corrected chi connectivity index (χ1v) is 7.42. The molecule has 0 saturated carbocycles. The van der Waals surface area contributed by atoms with E-state index in [1.54, 1.807) is 0 Å². The van der Waals surface area contributed by atoms with E-state index >= 15 is 0 Å². The zero-order chi connectivity index (χ0) is 12.3. The number of thioether (sulfide) groups is 1. The van der Waals surface area contributed by atoms with E-state index in [1.807, 2.05) is 31.2 Å². The predicted molar refractivity (Wildman–Crippen MR) is 73.8 cm³/mol. The van der Waals surface area contributed by atoms with Crippen molar-refractivity contribution in [2.45, 2.75) is 11.3 Å². The van der Waals surface area contributed by atoms with Gasteiger partial charge in [-0.3, -0.25) is 4.79 Å². The molecule has 0 aliphatic carbocycles. The summed E-state index contributed by atoms with van der Waals surface area (Å²) in [4.78, 5) is 16.1. The molecule has 0 amide bonds. The van der Waals surface area contributed by atoms with Crippen LogP contribution in [0.1, 0.15) is 16.2 Å². The molecule has 0 aliphatic rings. The Morgan fingerprint density at radius 3 is 3.00 bits per heavy atom. The Balaban J connectivity index is 1.98. The maximum Gasteiger partial charge on any atom is 0.173 e. The smallest absolute Gasteiger partial charge is 0.173 e. The van der Waals surface area contributed by atoms with Crippen molar-refractivity contribution in [1.82, 2.24) is 9.36 Å². The Kier molecular flexibility index (Phi) is 4.31. The van der Waals surface area contributed by atoms with Crippen molar-refractivity contribution >= 4 is 45.0 Å². The number of carbonyl (C=O) groups excluding carboxylic acids is 1. The minimum absolute atomic E-state index is 0.101. The summed E-state index contributed by atoms with van der Waals surface area (Å²) in [6.07, 6.45) is 0. The molecule has 0 aliphatic heterocycles. The van der Waals surface area contributed by atoms with E-state index in [1.165, 1.54) is 23.3 Å². The highest BCUT2D eigenvalue weighted by Gasteiger charge is 2.09. The maximum atomic E-state index is 11.9. The molecule has 2 aromatic rings. The summed E-state index contributed by atoms with van der Waals surface area (Å²) in [5, 5.41) is 0. The maximum absolute atomic E-state index is 11.9. The van der Waals surface area contributed by atoms with Gasteiger partial charge in [0.25, 0.3) is 0 Å². The Labute approximate surface area is 116 Å². The quantitative estimate of drug-likeness (QED) is 0.635. The van der Waals surface area contributed by atoms with Gasteiger partial charge in [-0.05, 0) is 30.6 Å². The van der Waals surface area contributed by atoms with E-state index in [-0.39, 0.29) is 5.78 Å². The number of hydrogen-bond acceptors (Lipinski definition) is 5. The molecule has 0 saturated heterocycles. The number of benzene rings is 1. The predicted octanol–water partition coefficient (Wildman–Crippen LogP) is 3.58. The molecule has 1 aromatic carbocycles. The van der Waals surface area contributed by atoms with Gasteiger partial charge in [-0.15, -0.1) is 0 Å². The van der Waals surface area contributed by atoms with Crippen LogP contribution in [0.15, 0.2) is 33.1 Å². The van der Waals surface area contributed by atoms with Crippen LogP contribution >= 0.6 is 39.2 Å². The van der Waals surface area contributed by atoms with E-state index in [0.29, 0.717) is 11.3 Å². The lowest BCUT2D eigenvalue weighted by atomic mass is 10.2. The van der Waals surface area contributed by atoms with Crippen molar-refractivity contribution in [3.05, 3.63) is 40.1 Å². The van der Waals surface area contributed by atoms with E-state index in [4.69, 9.17) is 0 Å². The van der Waals surface area contributed by atoms with Crippen LogP contribution in [0.2, 0.25) is 0 Å². The van der Waals surface area contributed by atoms with E-state index in [9.17, 15) is 4.79 Å². The van der Waals surface area contributed by atoms with Crippen LogP contribution in [0.3, 0.4) is 0 Å². The van der Waals surface area contributed by atoms with Crippen molar-refractivity contribution in [2.24, 2.45) is 0 Å². The molecule has 0 spiro atoms. The number of nitrogens with zero attached hydrogens (tertiary/aromatic N) is 2. The minimum atomic E-state index is 0.101. The number of halogens is 1. The van der Waals surface area contributed by atoms with Gasteiger partial charge in [0.15, 0.2) is 10.1 Å². The fourth-order valence-corrected chi connectivity index (χ4v) is 3.15. The van der Waals surface area contributed by atoms with Crippen LogP contribution in [-0.4, -0.2) is 20.9 Å². The van der Waals surface area contributed by atoms with Gasteiger partial charge in [0, 0.05) is 10.0 Å². The van der Waals surface area contributed by atoms with Gasteiger partial charge in [-0.2, -0.15) is 4.37 Å². The van der Waals surface area contributed by atoms with Crippen molar-refractivity contribution in [3.63, 3.8) is 0 Å². The zero-order valence-electron chi connectivity index (χ0n) is 9.01. The lowest BCUT2D eigenvalue weighted by molar-refractivity contribution is 0.102. The zero-order valence-corrected chi connectivity index (χ0v) is 12.2. The second kappa shape index (κ2) is 5.75. The SMILES string of the molecule is Cc1nsc(SCC(=O)c2cccc(Br)c2)n1. The van der Waals surface area contributed by atoms with Crippen LogP contribution in [-0.2, 0) is 0 Å². The molecule has 0 N–H and O–H groups in total. The van der Waals surface area contributed by atoms with Crippen molar-refractivity contribution in [3.8, 4) is 0 Å². The molecule has 0 unspecified atom stereocenters. The lowest BCUT2D eigenvalue weighted by Crippen LogP contribution is -2.01. The highest BCUT2D eigenvalue weighted by molar-refractivity contribution is 9.10. The molecule has 0 fully saturated rings. The molecule has 6 heteroatoms. The van der Waals surface area contributed by atoms with Crippen LogP contribution in [0.25, 0.3) is 0 Å². The van der Waals surface area contributed by atoms with Gasteiger partial charge in [-0.25, -0.2) is 4.98 Å². The molecule has 88 valence electrons. The van der Waals surface area contributed by atoms with E-state index < -0.39 is 0 Å². The molecule has 1 aromatic heterocycles. The van der Waals surface area contributed by atoms with Crippen LogP contribution in [0, 0.1) is 6.92 Å². The fraction of sp³-hybridized carbons (Fsp3) is 0.182. The average Bonchev–Trinajstić information content (AvgIpc) is 2.72. The Morgan fingerprint density at radius 2 is 2.35 bits per heavy atom. The normalized spacial score (nSPS) is 10.5. The molecule has 0 bridgehead atoms. The number of carbonyl (C=O) groups is 1. The summed E-state index contributed by atoms with van der Waals surface area (Å²) in [5.41, 5.74) is 0.716. The summed E-state index contributed by atoms with van der Waals surface area (Å²) in [6.45, 7) is 1.84. The fourth-order valence-electron chi connectivity index (χ4n) is 1.21. The molecule has 1 heterocycles. The summed E-state index contributed by atoms with van der Waals surface area (Å²) in [6, 6.07) is 7.41. The van der Waals surface area contributed by atoms with Gasteiger partial charge in [0.2, 0.25) is 0 Å². The Morgan fingerprint density at radius 1 is 1.53 bits per heavy atom. The second-order valence-electron chi connectivity index (χ2n) is 3.33. The summed E-state index contributed by atoms with van der Waals surface area (Å²) in [5.74, 6) is 1.25. The first-order valence-electron chi connectivity index (χ1n) is 4.87. The highest BCUT2D eigenvalue weighted by Crippen LogP contribution is 2.21. The largest absolute Gasteiger partial charge is 0.293 e. The van der Waals surface area contributed by atoms with E-state index in [0.717, 1.165) is 14.6 Å². The molecular formula is C11H9BrN2OS2. The second-order valence-corrected chi connectivity index (χ2v) is 6.22. The van der Waals surface area contributed by atoms with Crippen LogP contribution in [0.4, 0.5) is 0 Å². The van der Waals surface area contributed by atoms with Crippen LogP contribution < -0.4 is 0 Å². The first-order chi connectivity index (χ1) is 8.15. The minimum Gasteiger partial charge on any atom is -0.293 e. The van der Waals surface area contributed by atoms with Crippen molar-refractivity contribution in [2.75, 3.05) is 5.75 Å². The van der Waals surface area contributed by atoms with Gasteiger partial charge in [0.1, 0.15) is 5.82 Å². The summed E-state index contributed by atoms with van der Waals surface area (Å²) < 4.78 is 5.83. The third-order valence-corrected chi connectivity index (χ3v) is 4.40. The topological polar surface area (TPSA) is 42.9 Å². The number of hydrogen-bond donors (Lipinski definition) is 0. The van der Waals surface area contributed by atoms with Gasteiger partial charge < -0.3 is 0 Å². The third kappa shape index (κ3) is 3.62. The molecule has 2 rings (SSSR count). The van der Waals surface area contributed by atoms with E-state index in [2.05, 4.69) is 25.3 Å². The Hall–Kier alpha value is -0.720. The monoisotopic (exact) mass is 328 g/mol. The van der Waals surface area contributed by atoms with Gasteiger partial charge >= 0.3 is 0 Å². The molecular weight excluding hydrogens is 320 g/mol. The average molecular weight is 329 g/mol. The number of Topliss-reactive ketones (excluding diaryl/α,β-unsaturated/α-hetero) is 1. The number of aromatic nitrogens is 2. The summed E-state index contributed by atoms with van der Waals surface area (Å²) in [7, 11) is 0. The lowest BCUT2D eigenvalue weighted by Gasteiger charge is -1.99. The number of ketones is 1. The highest BCUT2D eigenvalue weighted by atomic mass is 79.9. The molecule has 0 radical (unpaired) electrons. The van der Waals surface area contributed by atoms with Crippen molar-refractivity contribution < 1.29 is 4.79 Å². The third-order valence-electron chi connectivity index (χ3n) is 1.98. The molecule has 17 heavy (non-hydrogen) atoms.